The van der Waals surface area contributed by atoms with Crippen LogP contribution >= 0.6 is 11.6 Å². The number of fused-ring (bicyclic) bond motifs is 2. The number of likely N-dealkylation sites (N-methyl/N-ethyl adjacent to an activating group) is 1. The molecule has 0 aliphatic carbocycles. The highest BCUT2D eigenvalue weighted by Gasteiger charge is 2.37. The third-order valence-corrected chi connectivity index (χ3v) is 3.99. The van der Waals surface area contributed by atoms with Gasteiger partial charge in [0.05, 0.1) is 0 Å². The van der Waals surface area contributed by atoms with Crippen molar-refractivity contribution in [2.24, 2.45) is 0 Å². The van der Waals surface area contributed by atoms with Crippen LogP contribution in [0.2, 0.25) is 5.15 Å². The zero-order valence-electron chi connectivity index (χ0n) is 9.30. The van der Waals surface area contributed by atoms with E-state index < -0.39 is 0 Å². The molecule has 3 heterocycles. The molecule has 1 aromatic heterocycles. The second-order valence-electron chi connectivity index (χ2n) is 4.67. The first-order chi connectivity index (χ1) is 7.74. The van der Waals surface area contributed by atoms with Crippen molar-refractivity contribution in [1.29, 1.82) is 0 Å². The molecule has 0 N–H and O–H groups in total. The monoisotopic (exact) mass is 238 g/mol. The van der Waals surface area contributed by atoms with E-state index in [0.29, 0.717) is 17.2 Å². The standard InChI is InChI=1S/C11H15ClN4/c1-15-8-2-3-9(15)7-16(6-8)11-5-4-10(12)13-14-11/h4-5,8-9H,2-3,6-7H2,1H3/t8-,9+. The average molecular weight is 239 g/mol. The van der Waals surface area contributed by atoms with Crippen LogP contribution in [0.1, 0.15) is 12.8 Å². The fourth-order valence-corrected chi connectivity index (χ4v) is 2.88. The maximum Gasteiger partial charge on any atom is 0.151 e. The van der Waals surface area contributed by atoms with Crippen LogP contribution in [0.5, 0.6) is 0 Å². The number of piperazine rings is 1. The van der Waals surface area contributed by atoms with E-state index in [0.717, 1.165) is 18.9 Å². The topological polar surface area (TPSA) is 32.3 Å². The fourth-order valence-electron chi connectivity index (χ4n) is 2.78. The Morgan fingerprint density at radius 2 is 1.88 bits per heavy atom. The molecule has 4 nitrogen and oxygen atoms in total. The predicted octanol–water partition coefficient (Wildman–Crippen LogP) is 1.41. The van der Waals surface area contributed by atoms with Gasteiger partial charge >= 0.3 is 0 Å². The van der Waals surface area contributed by atoms with E-state index >= 15 is 0 Å². The van der Waals surface area contributed by atoms with Crippen LogP contribution in [-0.2, 0) is 0 Å². The summed E-state index contributed by atoms with van der Waals surface area (Å²) in [6.07, 6.45) is 2.61. The highest BCUT2D eigenvalue weighted by Crippen LogP contribution is 2.30. The van der Waals surface area contributed by atoms with Gasteiger partial charge in [-0.1, -0.05) is 11.6 Å². The molecule has 0 aromatic carbocycles. The third kappa shape index (κ3) is 1.66. The molecule has 2 aliphatic rings. The second kappa shape index (κ2) is 3.86. The summed E-state index contributed by atoms with van der Waals surface area (Å²) in [6, 6.07) is 5.12. The van der Waals surface area contributed by atoms with Crippen molar-refractivity contribution in [2.75, 3.05) is 25.0 Å². The number of anilines is 1. The molecule has 1 aromatic rings. The van der Waals surface area contributed by atoms with Gasteiger partial charge in [0.1, 0.15) is 0 Å². The van der Waals surface area contributed by atoms with Crippen molar-refractivity contribution in [2.45, 2.75) is 24.9 Å². The van der Waals surface area contributed by atoms with Gasteiger partial charge in [-0.25, -0.2) is 0 Å². The van der Waals surface area contributed by atoms with Crippen LogP contribution in [-0.4, -0.2) is 47.3 Å². The predicted molar refractivity (Wildman–Crippen MR) is 63.8 cm³/mol. The second-order valence-corrected chi connectivity index (χ2v) is 5.06. The summed E-state index contributed by atoms with van der Waals surface area (Å²) in [7, 11) is 2.23. The minimum atomic E-state index is 0.459. The molecule has 2 aliphatic heterocycles. The molecule has 0 radical (unpaired) electrons. The number of hydrogen-bond donors (Lipinski definition) is 0. The Morgan fingerprint density at radius 1 is 1.19 bits per heavy atom. The van der Waals surface area contributed by atoms with E-state index in [2.05, 4.69) is 27.0 Å². The Morgan fingerprint density at radius 3 is 2.44 bits per heavy atom. The Balaban J connectivity index is 1.80. The van der Waals surface area contributed by atoms with Gasteiger partial charge in [0, 0.05) is 25.2 Å². The van der Waals surface area contributed by atoms with Crippen molar-refractivity contribution in [3.05, 3.63) is 17.3 Å². The minimum absolute atomic E-state index is 0.459. The Kier molecular flexibility index (Phi) is 2.48. The number of rotatable bonds is 1. The summed E-state index contributed by atoms with van der Waals surface area (Å²) in [5.74, 6) is 0.953. The summed E-state index contributed by atoms with van der Waals surface area (Å²) < 4.78 is 0. The number of halogens is 1. The summed E-state index contributed by atoms with van der Waals surface area (Å²) in [5.41, 5.74) is 0. The first kappa shape index (κ1) is 10.3. The quantitative estimate of drug-likeness (QED) is 0.741. The maximum absolute atomic E-state index is 5.74. The summed E-state index contributed by atoms with van der Waals surface area (Å²) in [5, 5.41) is 8.51. The molecular weight excluding hydrogens is 224 g/mol. The van der Waals surface area contributed by atoms with Gasteiger partial charge in [0.2, 0.25) is 0 Å². The lowest BCUT2D eigenvalue weighted by Gasteiger charge is -2.39. The molecule has 86 valence electrons. The normalized spacial score (nSPS) is 29.8. The summed E-state index contributed by atoms with van der Waals surface area (Å²) in [6.45, 7) is 2.12. The van der Waals surface area contributed by atoms with Crippen LogP contribution in [0.15, 0.2) is 12.1 Å². The van der Waals surface area contributed by atoms with Crippen LogP contribution in [0.25, 0.3) is 0 Å². The maximum atomic E-state index is 5.74. The molecule has 5 heteroatoms. The minimum Gasteiger partial charge on any atom is -0.352 e. The lowest BCUT2D eigenvalue weighted by atomic mass is 10.2. The Labute approximate surface area is 100 Å². The van der Waals surface area contributed by atoms with Gasteiger partial charge in [-0.3, -0.25) is 4.90 Å². The molecule has 3 rings (SSSR count). The Hall–Kier alpha value is -0.870. The highest BCUT2D eigenvalue weighted by atomic mass is 35.5. The fraction of sp³-hybridized carbons (Fsp3) is 0.636. The zero-order valence-corrected chi connectivity index (χ0v) is 10.1. The van der Waals surface area contributed by atoms with Gasteiger partial charge < -0.3 is 4.90 Å². The van der Waals surface area contributed by atoms with Crippen LogP contribution in [0, 0.1) is 0 Å². The highest BCUT2D eigenvalue weighted by molar-refractivity contribution is 6.29. The molecule has 0 amide bonds. The number of hydrogen-bond acceptors (Lipinski definition) is 4. The van der Waals surface area contributed by atoms with Gasteiger partial charge in [-0.05, 0) is 32.0 Å². The Bertz CT molecular complexity index is 366. The first-order valence-corrected chi connectivity index (χ1v) is 6.08. The lowest BCUT2D eigenvalue weighted by molar-refractivity contribution is 0.211. The van der Waals surface area contributed by atoms with Gasteiger partial charge in [-0.15, -0.1) is 10.2 Å². The summed E-state index contributed by atoms with van der Waals surface area (Å²) in [4.78, 5) is 4.82. The van der Waals surface area contributed by atoms with Gasteiger partial charge in [0.25, 0.3) is 0 Å². The largest absolute Gasteiger partial charge is 0.352 e. The SMILES string of the molecule is CN1[C@@H]2CC[C@H]1CN(c1ccc(Cl)nn1)C2. The number of nitrogens with zero attached hydrogens (tertiary/aromatic N) is 4. The van der Waals surface area contributed by atoms with Crippen LogP contribution in [0.4, 0.5) is 5.82 Å². The van der Waals surface area contributed by atoms with Crippen molar-refractivity contribution >= 4 is 17.4 Å². The van der Waals surface area contributed by atoms with Gasteiger partial charge in [0.15, 0.2) is 11.0 Å². The van der Waals surface area contributed by atoms with E-state index in [9.17, 15) is 0 Å². The van der Waals surface area contributed by atoms with E-state index in [4.69, 9.17) is 11.6 Å². The van der Waals surface area contributed by atoms with E-state index in [-0.39, 0.29) is 0 Å². The van der Waals surface area contributed by atoms with Crippen molar-refractivity contribution in [1.82, 2.24) is 15.1 Å². The zero-order chi connectivity index (χ0) is 11.1. The molecular formula is C11H15ClN4. The molecule has 16 heavy (non-hydrogen) atoms. The lowest BCUT2D eigenvalue weighted by Crippen LogP contribution is -2.52. The molecule has 2 bridgehead atoms. The molecule has 2 fully saturated rings. The van der Waals surface area contributed by atoms with Gasteiger partial charge in [-0.2, -0.15) is 0 Å². The van der Waals surface area contributed by atoms with Crippen molar-refractivity contribution < 1.29 is 0 Å². The molecule has 0 saturated carbocycles. The average Bonchev–Trinajstić information content (AvgIpc) is 2.54. The number of aromatic nitrogens is 2. The first-order valence-electron chi connectivity index (χ1n) is 5.70. The molecule has 2 saturated heterocycles. The van der Waals surface area contributed by atoms with E-state index in [1.165, 1.54) is 12.8 Å². The molecule has 0 spiro atoms. The molecule has 0 unspecified atom stereocenters. The van der Waals surface area contributed by atoms with Crippen molar-refractivity contribution in [3.8, 4) is 0 Å². The van der Waals surface area contributed by atoms with E-state index in [1.807, 2.05) is 12.1 Å². The summed E-state index contributed by atoms with van der Waals surface area (Å²) >= 11 is 5.74. The van der Waals surface area contributed by atoms with Crippen LogP contribution in [0.3, 0.4) is 0 Å². The smallest absolute Gasteiger partial charge is 0.151 e. The molecule has 2 atom stereocenters. The van der Waals surface area contributed by atoms with Crippen molar-refractivity contribution in [3.63, 3.8) is 0 Å². The van der Waals surface area contributed by atoms with E-state index in [1.54, 1.807) is 0 Å². The van der Waals surface area contributed by atoms with Crippen LogP contribution < -0.4 is 4.90 Å². The third-order valence-electron chi connectivity index (χ3n) is 3.79.